The van der Waals surface area contributed by atoms with Crippen LogP contribution in [-0.4, -0.2) is 57.8 Å². The summed E-state index contributed by atoms with van der Waals surface area (Å²) in [4.78, 5) is 32.5. The Bertz CT molecular complexity index is 774. The molecule has 1 amide bonds. The summed E-state index contributed by atoms with van der Waals surface area (Å²) in [7, 11) is 3.80. The molecule has 0 unspecified atom stereocenters. The van der Waals surface area contributed by atoms with E-state index in [1.165, 1.54) is 27.5 Å². The van der Waals surface area contributed by atoms with Crippen molar-refractivity contribution in [3.8, 4) is 11.5 Å². The molecule has 29 heavy (non-hydrogen) atoms. The van der Waals surface area contributed by atoms with Gasteiger partial charge in [-0.05, 0) is 18.5 Å². The standard InChI is InChI=1S/C18H22ClF2N3O5/c1-5-29-14(26)10-13(25)24(8-6-7-23-18(19)22-2)17-15(20)11(27-3)9-12(28-4)16(17)21/h7,9H,5-6,8,10H2,1-4H3. The third kappa shape index (κ3) is 6.67. The van der Waals surface area contributed by atoms with Gasteiger partial charge in [-0.1, -0.05) is 0 Å². The van der Waals surface area contributed by atoms with Gasteiger partial charge >= 0.3 is 5.97 Å². The smallest absolute Gasteiger partial charge is 0.315 e. The molecule has 0 aliphatic heterocycles. The Morgan fingerprint density at radius 2 is 1.79 bits per heavy atom. The number of amidine groups is 1. The van der Waals surface area contributed by atoms with Gasteiger partial charge in [0.05, 0.1) is 20.8 Å². The molecular weight excluding hydrogens is 412 g/mol. The van der Waals surface area contributed by atoms with Crippen molar-refractivity contribution in [3.05, 3.63) is 17.7 Å². The molecule has 0 spiro atoms. The Kier molecular flexibility index (Phi) is 10.0. The van der Waals surface area contributed by atoms with Crippen molar-refractivity contribution in [2.75, 3.05) is 39.3 Å². The van der Waals surface area contributed by atoms with Crippen LogP contribution in [0.1, 0.15) is 19.8 Å². The molecule has 1 rings (SSSR count). The molecule has 0 bridgehead atoms. The van der Waals surface area contributed by atoms with Crippen molar-refractivity contribution in [2.45, 2.75) is 19.8 Å². The van der Waals surface area contributed by atoms with Gasteiger partial charge in [0.15, 0.2) is 23.1 Å². The first-order chi connectivity index (χ1) is 13.8. The topological polar surface area (TPSA) is 89.8 Å². The zero-order chi connectivity index (χ0) is 22.0. The van der Waals surface area contributed by atoms with Crippen LogP contribution in [0.4, 0.5) is 14.5 Å². The van der Waals surface area contributed by atoms with Crippen molar-refractivity contribution in [3.63, 3.8) is 0 Å². The van der Waals surface area contributed by atoms with Gasteiger partial charge in [-0.15, -0.1) is 0 Å². The second-order valence-corrected chi connectivity index (χ2v) is 5.72. The maximum absolute atomic E-state index is 14.8. The van der Waals surface area contributed by atoms with Gasteiger partial charge in [-0.3, -0.25) is 14.6 Å². The summed E-state index contributed by atoms with van der Waals surface area (Å²) in [5, 5.41) is -0.0326. The molecule has 160 valence electrons. The van der Waals surface area contributed by atoms with Crippen molar-refractivity contribution in [1.29, 1.82) is 0 Å². The molecule has 1 aromatic rings. The fourth-order valence-corrected chi connectivity index (χ4v) is 2.36. The number of benzene rings is 1. The van der Waals surface area contributed by atoms with Crippen LogP contribution in [0.25, 0.3) is 0 Å². The highest BCUT2D eigenvalue weighted by molar-refractivity contribution is 6.65. The maximum Gasteiger partial charge on any atom is 0.315 e. The van der Waals surface area contributed by atoms with Crippen molar-refractivity contribution in [2.24, 2.45) is 9.98 Å². The second kappa shape index (κ2) is 11.9. The number of aliphatic imine (C=N–C) groups is 2. The van der Waals surface area contributed by atoms with E-state index in [-0.39, 0.29) is 36.4 Å². The minimum absolute atomic E-state index is 0.0326. The van der Waals surface area contributed by atoms with Crippen LogP contribution >= 0.6 is 11.6 Å². The summed E-state index contributed by atoms with van der Waals surface area (Å²) in [5.41, 5.74) is -0.709. The Morgan fingerprint density at radius 1 is 1.21 bits per heavy atom. The number of anilines is 1. The number of rotatable bonds is 9. The Labute approximate surface area is 172 Å². The van der Waals surface area contributed by atoms with Gasteiger partial charge in [-0.25, -0.2) is 13.8 Å². The minimum atomic E-state index is -1.12. The lowest BCUT2D eigenvalue weighted by atomic mass is 10.2. The molecule has 0 aliphatic carbocycles. The van der Waals surface area contributed by atoms with Crippen LogP contribution in [0, 0.1) is 11.6 Å². The van der Waals surface area contributed by atoms with Crippen molar-refractivity contribution >= 4 is 40.7 Å². The van der Waals surface area contributed by atoms with Crippen molar-refractivity contribution < 1.29 is 32.6 Å². The Morgan fingerprint density at radius 3 is 2.28 bits per heavy atom. The van der Waals surface area contributed by atoms with Crippen LogP contribution in [0.5, 0.6) is 11.5 Å². The second-order valence-electron chi connectivity index (χ2n) is 5.38. The van der Waals surface area contributed by atoms with Gasteiger partial charge in [0.2, 0.25) is 11.2 Å². The molecule has 0 fully saturated rings. The van der Waals surface area contributed by atoms with E-state index in [2.05, 4.69) is 9.98 Å². The summed E-state index contributed by atoms with van der Waals surface area (Å²) >= 11 is 5.65. The Balaban J connectivity index is 3.34. The molecule has 0 atom stereocenters. The fourth-order valence-electron chi connectivity index (χ4n) is 2.29. The van der Waals surface area contributed by atoms with Crippen LogP contribution in [0.2, 0.25) is 0 Å². The number of methoxy groups -OCH3 is 2. The number of ether oxygens (including phenoxy) is 3. The minimum Gasteiger partial charge on any atom is -0.493 e. The van der Waals surface area contributed by atoms with Crippen LogP contribution in [-0.2, 0) is 14.3 Å². The largest absolute Gasteiger partial charge is 0.493 e. The number of hydrogen-bond donors (Lipinski definition) is 0. The molecule has 11 heteroatoms. The molecule has 0 saturated heterocycles. The zero-order valence-electron chi connectivity index (χ0n) is 16.5. The number of esters is 1. The fraction of sp³-hybridized carbons (Fsp3) is 0.444. The number of carbonyl (C=O) groups excluding carboxylic acids is 2. The molecule has 0 aliphatic rings. The molecule has 8 nitrogen and oxygen atoms in total. The van der Waals surface area contributed by atoms with E-state index in [1.54, 1.807) is 6.92 Å². The van der Waals surface area contributed by atoms with Crippen LogP contribution in [0.3, 0.4) is 0 Å². The van der Waals surface area contributed by atoms with E-state index in [4.69, 9.17) is 25.8 Å². The quantitative estimate of drug-likeness (QED) is 0.196. The van der Waals surface area contributed by atoms with Crippen molar-refractivity contribution in [1.82, 2.24) is 0 Å². The lowest BCUT2D eigenvalue weighted by Crippen LogP contribution is -2.35. The molecule has 0 heterocycles. The number of halogens is 3. The molecule has 0 radical (unpaired) electrons. The Hall–Kier alpha value is -2.75. The summed E-state index contributed by atoms with van der Waals surface area (Å²) < 4.78 is 44.2. The molecule has 0 aromatic heterocycles. The first-order valence-electron chi connectivity index (χ1n) is 8.51. The lowest BCUT2D eigenvalue weighted by Gasteiger charge is -2.24. The first-order valence-corrected chi connectivity index (χ1v) is 8.89. The highest BCUT2D eigenvalue weighted by Crippen LogP contribution is 2.37. The molecular formula is C18H22ClF2N3O5. The average molecular weight is 434 g/mol. The van der Waals surface area contributed by atoms with Gasteiger partial charge in [0.1, 0.15) is 12.1 Å². The van der Waals surface area contributed by atoms with Gasteiger partial charge in [0, 0.05) is 32.3 Å². The average Bonchev–Trinajstić information content (AvgIpc) is 2.69. The van der Waals surface area contributed by atoms with E-state index >= 15 is 0 Å². The normalized spacial score (nSPS) is 11.5. The van der Waals surface area contributed by atoms with E-state index in [0.29, 0.717) is 0 Å². The van der Waals surface area contributed by atoms with Gasteiger partial charge in [0.25, 0.3) is 0 Å². The van der Waals surface area contributed by atoms with E-state index in [9.17, 15) is 18.4 Å². The monoisotopic (exact) mass is 433 g/mol. The van der Waals surface area contributed by atoms with Gasteiger partial charge < -0.3 is 19.1 Å². The van der Waals surface area contributed by atoms with Crippen LogP contribution in [0.15, 0.2) is 16.1 Å². The zero-order valence-corrected chi connectivity index (χ0v) is 17.3. The predicted octanol–water partition coefficient (Wildman–Crippen LogP) is 2.95. The maximum atomic E-state index is 14.8. The summed E-state index contributed by atoms with van der Waals surface area (Å²) in [6.07, 6.45) is 0.687. The predicted molar refractivity (Wildman–Crippen MR) is 105 cm³/mol. The van der Waals surface area contributed by atoms with E-state index in [0.717, 1.165) is 11.0 Å². The molecule has 1 aromatic carbocycles. The van der Waals surface area contributed by atoms with Crippen LogP contribution < -0.4 is 14.4 Å². The number of nitrogens with zero attached hydrogens (tertiary/aromatic N) is 3. The van der Waals surface area contributed by atoms with E-state index in [1.807, 2.05) is 0 Å². The molecule has 0 N–H and O–H groups in total. The highest BCUT2D eigenvalue weighted by Gasteiger charge is 2.29. The number of amides is 1. The molecule has 0 saturated carbocycles. The highest BCUT2D eigenvalue weighted by atomic mass is 35.5. The summed E-state index contributed by atoms with van der Waals surface area (Å²) in [6.45, 7) is 1.42. The number of carbonyl (C=O) groups is 2. The van der Waals surface area contributed by atoms with E-state index < -0.39 is 35.6 Å². The first kappa shape index (κ1) is 24.3. The lowest BCUT2D eigenvalue weighted by molar-refractivity contribution is -0.145. The van der Waals surface area contributed by atoms with Gasteiger partial charge in [-0.2, -0.15) is 0 Å². The summed E-state index contributed by atoms with van der Waals surface area (Å²) in [6, 6.07) is 1.01. The summed E-state index contributed by atoms with van der Waals surface area (Å²) in [5.74, 6) is -4.60. The number of hydrogen-bond acceptors (Lipinski definition) is 6. The third-order valence-electron chi connectivity index (χ3n) is 3.59. The third-order valence-corrected chi connectivity index (χ3v) is 3.85. The SMILES string of the molecule is CCOC(=O)CC(=O)N(CCC=NC(Cl)=NC)c1c(F)c(OC)cc(OC)c1F.